The molecule has 0 aromatic heterocycles. The average molecular weight is 361 g/mol. The van der Waals surface area contributed by atoms with Gasteiger partial charge in [-0.2, -0.15) is 5.26 Å². The van der Waals surface area contributed by atoms with Gasteiger partial charge in [0.05, 0.1) is 24.4 Å². The largest absolute Gasteiger partial charge is 0.495 e. The van der Waals surface area contributed by atoms with Gasteiger partial charge in [0.25, 0.3) is 0 Å². The number of rotatable bonds is 4. The van der Waals surface area contributed by atoms with Gasteiger partial charge >= 0.3 is 0 Å². The van der Waals surface area contributed by atoms with E-state index in [0.29, 0.717) is 11.1 Å². The molecule has 5 nitrogen and oxygen atoms in total. The zero-order valence-corrected chi connectivity index (χ0v) is 16.0. The van der Waals surface area contributed by atoms with Crippen LogP contribution in [0, 0.1) is 11.3 Å². The van der Waals surface area contributed by atoms with Crippen molar-refractivity contribution >= 4 is 17.2 Å². The number of hydrogen-bond acceptors (Lipinski definition) is 5. The van der Waals surface area contributed by atoms with Crippen molar-refractivity contribution in [2.75, 3.05) is 19.5 Å². The summed E-state index contributed by atoms with van der Waals surface area (Å²) in [5, 5.41) is 15.5. The number of carbonyl (C=O) groups is 1. The minimum Gasteiger partial charge on any atom is -0.495 e. The van der Waals surface area contributed by atoms with Crippen LogP contribution < -0.4 is 15.4 Å². The molecule has 0 saturated carbocycles. The number of nitriles is 1. The van der Waals surface area contributed by atoms with Crippen LogP contribution in [0.3, 0.4) is 0 Å². The number of ether oxygens (including phenoxy) is 1. The van der Waals surface area contributed by atoms with Crippen LogP contribution in [0.5, 0.6) is 5.75 Å². The summed E-state index contributed by atoms with van der Waals surface area (Å²) in [6.45, 7) is 4.21. The molecule has 0 unspecified atom stereocenters. The minimum absolute atomic E-state index is 0.104. The maximum absolute atomic E-state index is 12.8. The lowest BCUT2D eigenvalue weighted by Gasteiger charge is -2.36. The molecule has 0 radical (unpaired) electrons. The molecular weight excluding hydrogens is 338 g/mol. The van der Waals surface area contributed by atoms with Gasteiger partial charge in [0.2, 0.25) is 0 Å². The van der Waals surface area contributed by atoms with E-state index < -0.39 is 0 Å². The standard InChI is InChI=1S/C22H23N3O2/c1-22(2)12-16-9-21(27-4)19(24-3)10-17(16)18(25-22)11-20(26)15-7-5-14(13-23)6-8-15/h5-11,24-25H,12H2,1-4H3/b18-11-. The van der Waals surface area contributed by atoms with E-state index in [4.69, 9.17) is 10.00 Å². The molecule has 0 spiro atoms. The molecule has 1 heterocycles. The first-order chi connectivity index (χ1) is 12.9. The zero-order chi connectivity index (χ0) is 19.6. The van der Waals surface area contributed by atoms with E-state index in [1.807, 2.05) is 19.2 Å². The fraction of sp³-hybridized carbons (Fsp3) is 0.273. The Morgan fingerprint density at radius 1 is 1.30 bits per heavy atom. The van der Waals surface area contributed by atoms with E-state index in [2.05, 4.69) is 30.6 Å². The zero-order valence-electron chi connectivity index (χ0n) is 16.0. The molecule has 2 N–H and O–H groups in total. The van der Waals surface area contributed by atoms with E-state index in [1.165, 1.54) is 0 Å². The number of methoxy groups -OCH3 is 1. The van der Waals surface area contributed by atoms with Gasteiger partial charge in [0, 0.05) is 35.5 Å². The molecular formula is C22H23N3O2. The van der Waals surface area contributed by atoms with Crippen molar-refractivity contribution in [1.29, 1.82) is 5.26 Å². The predicted octanol–water partition coefficient (Wildman–Crippen LogP) is 3.76. The van der Waals surface area contributed by atoms with Crippen molar-refractivity contribution in [2.45, 2.75) is 25.8 Å². The summed E-state index contributed by atoms with van der Waals surface area (Å²) >= 11 is 0. The first-order valence-electron chi connectivity index (χ1n) is 8.80. The smallest absolute Gasteiger partial charge is 0.187 e. The third-order valence-electron chi connectivity index (χ3n) is 4.66. The number of fused-ring (bicyclic) bond motifs is 1. The Morgan fingerprint density at radius 3 is 2.59 bits per heavy atom. The van der Waals surface area contributed by atoms with Crippen LogP contribution in [0.25, 0.3) is 5.70 Å². The third-order valence-corrected chi connectivity index (χ3v) is 4.66. The van der Waals surface area contributed by atoms with Crippen LogP contribution in [0.15, 0.2) is 42.5 Å². The molecule has 0 saturated heterocycles. The van der Waals surface area contributed by atoms with Crippen LogP contribution in [0.2, 0.25) is 0 Å². The summed E-state index contributed by atoms with van der Waals surface area (Å²) in [4.78, 5) is 12.8. The highest BCUT2D eigenvalue weighted by Gasteiger charge is 2.29. The van der Waals surface area contributed by atoms with Crippen LogP contribution in [0.4, 0.5) is 5.69 Å². The van der Waals surface area contributed by atoms with Gasteiger partial charge < -0.3 is 15.4 Å². The fourth-order valence-corrected chi connectivity index (χ4v) is 3.37. The van der Waals surface area contributed by atoms with Gasteiger partial charge in [-0.3, -0.25) is 4.79 Å². The highest BCUT2D eigenvalue weighted by atomic mass is 16.5. The second-order valence-corrected chi connectivity index (χ2v) is 7.26. The molecule has 2 aromatic carbocycles. The second kappa shape index (κ2) is 7.16. The van der Waals surface area contributed by atoms with E-state index in [1.54, 1.807) is 37.5 Å². The first kappa shape index (κ1) is 18.5. The van der Waals surface area contributed by atoms with Gasteiger partial charge in [-0.05, 0) is 62.2 Å². The lowest BCUT2D eigenvalue weighted by atomic mass is 9.85. The van der Waals surface area contributed by atoms with E-state index >= 15 is 0 Å². The summed E-state index contributed by atoms with van der Waals surface area (Å²) in [7, 11) is 3.50. The molecule has 27 heavy (non-hydrogen) atoms. The van der Waals surface area contributed by atoms with Crippen molar-refractivity contribution < 1.29 is 9.53 Å². The van der Waals surface area contributed by atoms with Gasteiger partial charge in [-0.25, -0.2) is 0 Å². The van der Waals surface area contributed by atoms with Crippen LogP contribution in [-0.2, 0) is 6.42 Å². The number of allylic oxidation sites excluding steroid dienone is 1. The number of anilines is 1. The molecule has 5 heteroatoms. The van der Waals surface area contributed by atoms with Gasteiger partial charge in [-0.1, -0.05) is 0 Å². The van der Waals surface area contributed by atoms with Crippen molar-refractivity contribution in [3.05, 3.63) is 64.7 Å². The number of ketones is 1. The molecule has 0 aliphatic carbocycles. The van der Waals surface area contributed by atoms with E-state index in [-0.39, 0.29) is 11.3 Å². The average Bonchev–Trinajstić information content (AvgIpc) is 2.66. The SMILES string of the molecule is CNc1cc2c(cc1OC)CC(C)(C)N/C2=C\C(=O)c1ccc(C#N)cc1. The summed E-state index contributed by atoms with van der Waals surface area (Å²) < 4.78 is 5.48. The topological polar surface area (TPSA) is 74.2 Å². The van der Waals surface area contributed by atoms with Gasteiger partial charge in [0.1, 0.15) is 5.75 Å². The predicted molar refractivity (Wildman–Crippen MR) is 107 cm³/mol. The van der Waals surface area contributed by atoms with Crippen molar-refractivity contribution in [3.8, 4) is 11.8 Å². The quantitative estimate of drug-likeness (QED) is 0.641. The Hall–Kier alpha value is -3.26. The summed E-state index contributed by atoms with van der Waals surface area (Å²) in [6, 6.07) is 12.8. The van der Waals surface area contributed by atoms with Crippen molar-refractivity contribution in [2.24, 2.45) is 0 Å². The molecule has 0 bridgehead atoms. The maximum atomic E-state index is 12.8. The molecule has 1 aliphatic rings. The fourth-order valence-electron chi connectivity index (χ4n) is 3.37. The third kappa shape index (κ3) is 3.80. The Bertz CT molecular complexity index is 951. The van der Waals surface area contributed by atoms with Crippen LogP contribution in [0.1, 0.15) is 40.9 Å². The molecule has 1 aliphatic heterocycles. The number of benzene rings is 2. The summed E-state index contributed by atoms with van der Waals surface area (Å²) in [5.41, 5.74) is 4.68. The molecule has 138 valence electrons. The number of hydrogen-bond donors (Lipinski definition) is 2. The number of nitrogens with one attached hydrogen (secondary N) is 2. The maximum Gasteiger partial charge on any atom is 0.187 e. The molecule has 2 aromatic rings. The summed E-state index contributed by atoms with van der Waals surface area (Å²) in [5.74, 6) is 0.680. The minimum atomic E-state index is -0.185. The van der Waals surface area contributed by atoms with Crippen LogP contribution >= 0.6 is 0 Å². The summed E-state index contributed by atoms with van der Waals surface area (Å²) in [6.07, 6.45) is 2.46. The Kier molecular flexibility index (Phi) is 4.91. The van der Waals surface area contributed by atoms with Gasteiger partial charge in [0.15, 0.2) is 5.78 Å². The Labute approximate surface area is 159 Å². The van der Waals surface area contributed by atoms with E-state index in [9.17, 15) is 4.79 Å². The highest BCUT2D eigenvalue weighted by Crippen LogP contribution is 2.36. The van der Waals surface area contributed by atoms with E-state index in [0.717, 1.165) is 34.7 Å². The number of nitrogens with zero attached hydrogens (tertiary/aromatic N) is 1. The Balaban J connectivity index is 2.05. The normalized spacial score (nSPS) is 16.0. The first-order valence-corrected chi connectivity index (χ1v) is 8.80. The highest BCUT2D eigenvalue weighted by molar-refractivity contribution is 6.08. The monoisotopic (exact) mass is 361 g/mol. The Morgan fingerprint density at radius 2 is 2.00 bits per heavy atom. The van der Waals surface area contributed by atoms with Gasteiger partial charge in [-0.15, -0.1) is 0 Å². The molecule has 3 rings (SSSR count). The van der Waals surface area contributed by atoms with Crippen molar-refractivity contribution in [1.82, 2.24) is 5.32 Å². The number of carbonyl (C=O) groups excluding carboxylic acids is 1. The molecule has 0 fully saturated rings. The van der Waals surface area contributed by atoms with Crippen LogP contribution in [-0.4, -0.2) is 25.5 Å². The lowest BCUT2D eigenvalue weighted by molar-refractivity contribution is 0.104. The van der Waals surface area contributed by atoms with Crippen molar-refractivity contribution in [3.63, 3.8) is 0 Å². The molecule has 0 atom stereocenters. The lowest BCUT2D eigenvalue weighted by Crippen LogP contribution is -2.43. The second-order valence-electron chi connectivity index (χ2n) is 7.26. The molecule has 0 amide bonds.